The fourth-order valence-electron chi connectivity index (χ4n) is 2.44. The van der Waals surface area contributed by atoms with Crippen LogP contribution in [-0.4, -0.2) is 20.9 Å². The molecule has 0 unspecified atom stereocenters. The third-order valence-corrected chi connectivity index (χ3v) is 4.73. The number of nitrogens with one attached hydrogen (secondary N) is 2. The number of thiocarbonyl (C=S) groups is 1. The average Bonchev–Trinajstić information content (AvgIpc) is 3.10. The topological polar surface area (TPSA) is 97.2 Å². The quantitative estimate of drug-likeness (QED) is 0.389. The van der Waals surface area contributed by atoms with Crippen molar-refractivity contribution in [3.05, 3.63) is 75.2 Å². The van der Waals surface area contributed by atoms with E-state index in [1.165, 1.54) is 36.5 Å². The Morgan fingerprint density at radius 2 is 1.93 bits per heavy atom. The molecule has 0 saturated carbocycles. The molecule has 0 radical (unpaired) electrons. The van der Waals surface area contributed by atoms with Gasteiger partial charge in [-0.3, -0.25) is 20.2 Å². The van der Waals surface area contributed by atoms with Gasteiger partial charge in [0.1, 0.15) is 0 Å². The summed E-state index contributed by atoms with van der Waals surface area (Å²) in [7, 11) is 0. The summed E-state index contributed by atoms with van der Waals surface area (Å²) in [4.78, 5) is 27.3. The third kappa shape index (κ3) is 4.33. The van der Waals surface area contributed by atoms with Crippen molar-refractivity contribution in [1.82, 2.24) is 10.3 Å². The predicted molar refractivity (Wildman–Crippen MR) is 109 cm³/mol. The van der Waals surface area contributed by atoms with Gasteiger partial charge in [-0.25, -0.2) is 4.98 Å². The second-order valence-electron chi connectivity index (χ2n) is 5.52. The van der Waals surface area contributed by atoms with E-state index in [9.17, 15) is 14.9 Å². The molecule has 0 bridgehead atoms. The lowest BCUT2D eigenvalue weighted by Gasteiger charge is -2.09. The van der Waals surface area contributed by atoms with E-state index < -0.39 is 10.8 Å². The van der Waals surface area contributed by atoms with Crippen LogP contribution in [0.4, 0.5) is 10.8 Å². The molecule has 0 atom stereocenters. The van der Waals surface area contributed by atoms with E-state index in [4.69, 9.17) is 12.2 Å². The normalized spacial score (nSPS) is 10.3. The SMILES string of the molecule is Cc1c(C(=O)NC(=S)Nc2nc(-c3ccccc3)cs2)cccc1[N+](=O)[O-]. The van der Waals surface area contributed by atoms with Gasteiger partial charge in [0.2, 0.25) is 0 Å². The van der Waals surface area contributed by atoms with Crippen molar-refractivity contribution >= 4 is 45.4 Å². The van der Waals surface area contributed by atoms with Crippen LogP contribution in [-0.2, 0) is 0 Å². The molecule has 0 aliphatic rings. The number of amides is 1. The van der Waals surface area contributed by atoms with Crippen LogP contribution in [0.3, 0.4) is 0 Å². The van der Waals surface area contributed by atoms with Gasteiger partial charge in [0.25, 0.3) is 11.6 Å². The van der Waals surface area contributed by atoms with Crippen LogP contribution >= 0.6 is 23.6 Å². The predicted octanol–water partition coefficient (Wildman–Crippen LogP) is 4.15. The smallest absolute Gasteiger partial charge is 0.273 e. The fourth-order valence-corrected chi connectivity index (χ4v) is 3.42. The lowest BCUT2D eigenvalue weighted by molar-refractivity contribution is -0.385. The molecule has 0 aliphatic heterocycles. The van der Waals surface area contributed by atoms with Gasteiger partial charge in [-0.1, -0.05) is 36.4 Å². The number of carbonyl (C=O) groups is 1. The highest BCUT2D eigenvalue weighted by molar-refractivity contribution is 7.80. The summed E-state index contributed by atoms with van der Waals surface area (Å²) in [5.41, 5.74) is 2.13. The van der Waals surface area contributed by atoms with Crippen molar-refractivity contribution in [2.45, 2.75) is 6.92 Å². The second-order valence-corrected chi connectivity index (χ2v) is 6.79. The maximum Gasteiger partial charge on any atom is 0.273 e. The molecule has 1 heterocycles. The van der Waals surface area contributed by atoms with E-state index in [1.54, 1.807) is 0 Å². The molecule has 0 aliphatic carbocycles. The van der Waals surface area contributed by atoms with Gasteiger partial charge in [0.15, 0.2) is 10.2 Å². The van der Waals surface area contributed by atoms with Gasteiger partial charge in [-0.05, 0) is 25.2 Å². The zero-order valence-electron chi connectivity index (χ0n) is 14.1. The Balaban J connectivity index is 1.68. The van der Waals surface area contributed by atoms with E-state index in [-0.39, 0.29) is 21.9 Å². The molecule has 1 amide bonds. The molecular formula is C18H14N4O3S2. The number of nitro benzene ring substituents is 1. The standard InChI is InChI=1S/C18H14N4O3S2/c1-11-13(8-5-9-15(11)22(24)25)16(23)20-17(26)21-18-19-14(10-27-18)12-6-3-2-4-7-12/h2-10H,1H3,(H2,19,20,21,23,26). The summed E-state index contributed by atoms with van der Waals surface area (Å²) in [5, 5.41) is 18.9. The number of benzene rings is 2. The lowest BCUT2D eigenvalue weighted by atomic mass is 10.1. The van der Waals surface area contributed by atoms with E-state index in [0.29, 0.717) is 5.13 Å². The first kappa shape index (κ1) is 18.6. The van der Waals surface area contributed by atoms with Crippen molar-refractivity contribution < 1.29 is 9.72 Å². The van der Waals surface area contributed by atoms with Gasteiger partial charge >= 0.3 is 0 Å². The van der Waals surface area contributed by atoms with Crippen LogP contribution in [0.5, 0.6) is 0 Å². The minimum atomic E-state index is -0.524. The maximum absolute atomic E-state index is 12.4. The molecule has 0 spiro atoms. The minimum absolute atomic E-state index is 0.0693. The maximum atomic E-state index is 12.4. The number of aromatic nitrogens is 1. The second kappa shape index (κ2) is 8.02. The van der Waals surface area contributed by atoms with Crippen molar-refractivity contribution in [3.8, 4) is 11.3 Å². The first-order chi connectivity index (χ1) is 13.0. The van der Waals surface area contributed by atoms with Crippen molar-refractivity contribution in [3.63, 3.8) is 0 Å². The van der Waals surface area contributed by atoms with Gasteiger partial charge in [-0.15, -0.1) is 11.3 Å². The Morgan fingerprint density at radius 1 is 1.19 bits per heavy atom. The van der Waals surface area contributed by atoms with Gasteiger partial charge in [0.05, 0.1) is 10.6 Å². The molecule has 9 heteroatoms. The number of nitrogens with zero attached hydrogens (tertiary/aromatic N) is 2. The molecule has 27 heavy (non-hydrogen) atoms. The van der Waals surface area contributed by atoms with Gasteiger partial charge in [0, 0.05) is 28.1 Å². The summed E-state index contributed by atoms with van der Waals surface area (Å²) >= 11 is 6.51. The Labute approximate surface area is 164 Å². The van der Waals surface area contributed by atoms with Crippen LogP contribution in [0, 0.1) is 17.0 Å². The first-order valence-corrected chi connectivity index (χ1v) is 9.12. The molecule has 136 valence electrons. The molecule has 3 rings (SSSR count). The average molecular weight is 398 g/mol. The van der Waals surface area contributed by atoms with Gasteiger partial charge < -0.3 is 5.32 Å². The molecule has 0 saturated heterocycles. The van der Waals surface area contributed by atoms with Crippen molar-refractivity contribution in [2.24, 2.45) is 0 Å². The number of anilines is 1. The van der Waals surface area contributed by atoms with Crippen LogP contribution in [0.25, 0.3) is 11.3 Å². The molecule has 7 nitrogen and oxygen atoms in total. The van der Waals surface area contributed by atoms with E-state index in [2.05, 4.69) is 15.6 Å². The van der Waals surface area contributed by atoms with E-state index in [0.717, 1.165) is 11.3 Å². The Bertz CT molecular complexity index is 1020. The summed E-state index contributed by atoms with van der Waals surface area (Å²) in [6.45, 7) is 1.52. The highest BCUT2D eigenvalue weighted by Crippen LogP contribution is 2.24. The monoisotopic (exact) mass is 398 g/mol. The number of hydrogen-bond acceptors (Lipinski definition) is 6. The van der Waals surface area contributed by atoms with Crippen molar-refractivity contribution in [2.75, 3.05) is 5.32 Å². The van der Waals surface area contributed by atoms with E-state index in [1.807, 2.05) is 35.7 Å². The molecular weight excluding hydrogens is 384 g/mol. The van der Waals surface area contributed by atoms with E-state index >= 15 is 0 Å². The van der Waals surface area contributed by atoms with Crippen LogP contribution in [0.1, 0.15) is 15.9 Å². The highest BCUT2D eigenvalue weighted by atomic mass is 32.1. The Morgan fingerprint density at radius 3 is 2.63 bits per heavy atom. The third-order valence-electron chi connectivity index (χ3n) is 3.77. The molecule has 3 aromatic rings. The van der Waals surface area contributed by atoms with Crippen LogP contribution < -0.4 is 10.6 Å². The molecule has 2 aromatic carbocycles. The van der Waals surface area contributed by atoms with Gasteiger partial charge in [-0.2, -0.15) is 0 Å². The summed E-state index contributed by atoms with van der Waals surface area (Å²) in [6, 6.07) is 14.0. The van der Waals surface area contributed by atoms with Crippen molar-refractivity contribution in [1.29, 1.82) is 0 Å². The van der Waals surface area contributed by atoms with Crippen LogP contribution in [0.15, 0.2) is 53.9 Å². The number of rotatable bonds is 4. The Kier molecular flexibility index (Phi) is 5.53. The molecule has 0 fully saturated rings. The summed E-state index contributed by atoms with van der Waals surface area (Å²) in [6.07, 6.45) is 0. The van der Waals surface area contributed by atoms with Crippen LogP contribution in [0.2, 0.25) is 0 Å². The number of thiazole rings is 1. The highest BCUT2D eigenvalue weighted by Gasteiger charge is 2.18. The number of nitro groups is 1. The minimum Gasteiger partial charge on any atom is -0.308 e. The molecule has 2 N–H and O–H groups in total. The molecule has 1 aromatic heterocycles. The first-order valence-electron chi connectivity index (χ1n) is 7.83. The fraction of sp³-hybridized carbons (Fsp3) is 0.0556. The summed E-state index contributed by atoms with van der Waals surface area (Å²) < 4.78 is 0. The number of carbonyl (C=O) groups excluding carboxylic acids is 1. The Hall–Kier alpha value is -3.17. The summed E-state index contributed by atoms with van der Waals surface area (Å²) in [5.74, 6) is -0.520. The zero-order chi connectivity index (χ0) is 19.4. The lowest BCUT2D eigenvalue weighted by Crippen LogP contribution is -2.34. The largest absolute Gasteiger partial charge is 0.308 e. The zero-order valence-corrected chi connectivity index (χ0v) is 15.8. The number of hydrogen-bond donors (Lipinski definition) is 2.